The number of hydrogen-bond acceptors (Lipinski definition) is 5. The molecule has 1 unspecified atom stereocenters. The highest BCUT2D eigenvalue weighted by molar-refractivity contribution is 7.90. The molecular formula is C17H22FN3O3S. The van der Waals surface area contributed by atoms with Crippen molar-refractivity contribution < 1.29 is 17.9 Å². The van der Waals surface area contributed by atoms with Gasteiger partial charge in [0.1, 0.15) is 21.8 Å². The number of benzene rings is 1. The molecule has 25 heavy (non-hydrogen) atoms. The molecule has 0 saturated heterocycles. The molecule has 1 atom stereocenters. The minimum atomic E-state index is -3.27. The fraction of sp³-hybridized carbons (Fsp3) is 0.471. The summed E-state index contributed by atoms with van der Waals surface area (Å²) >= 11 is 0. The molecule has 0 radical (unpaired) electrons. The lowest BCUT2D eigenvalue weighted by Crippen LogP contribution is -2.33. The minimum Gasteiger partial charge on any atom is -0.386 e. The predicted molar refractivity (Wildman–Crippen MR) is 92.1 cm³/mol. The zero-order chi connectivity index (χ0) is 18.2. The lowest BCUT2D eigenvalue weighted by molar-refractivity contribution is 0.191. The summed E-state index contributed by atoms with van der Waals surface area (Å²) in [5.74, 6) is -0.535. The zero-order valence-corrected chi connectivity index (χ0v) is 15.1. The van der Waals surface area contributed by atoms with Crippen LogP contribution in [-0.4, -0.2) is 46.8 Å². The Bertz CT molecular complexity index is 879. The monoisotopic (exact) mass is 367 g/mol. The molecule has 1 N–H and O–H groups in total. The van der Waals surface area contributed by atoms with Gasteiger partial charge in [0.2, 0.25) is 0 Å². The fourth-order valence-electron chi connectivity index (χ4n) is 3.08. The molecule has 0 spiro atoms. The third-order valence-electron chi connectivity index (χ3n) is 4.33. The van der Waals surface area contributed by atoms with Crippen molar-refractivity contribution in [3.05, 3.63) is 52.6 Å². The number of aromatic nitrogens is 2. The average molecular weight is 367 g/mol. The van der Waals surface area contributed by atoms with E-state index in [4.69, 9.17) is 0 Å². The second-order valence-electron chi connectivity index (χ2n) is 6.69. The lowest BCUT2D eigenvalue weighted by atomic mass is 10.1. The van der Waals surface area contributed by atoms with E-state index in [1.807, 2.05) is 10.7 Å². The van der Waals surface area contributed by atoms with Gasteiger partial charge in [-0.1, -0.05) is 12.1 Å². The van der Waals surface area contributed by atoms with Crippen molar-refractivity contribution in [2.75, 3.05) is 18.6 Å². The molecule has 1 aliphatic rings. The van der Waals surface area contributed by atoms with E-state index in [1.54, 1.807) is 19.1 Å². The molecule has 6 nitrogen and oxygen atoms in total. The van der Waals surface area contributed by atoms with Crippen molar-refractivity contribution in [2.24, 2.45) is 0 Å². The highest BCUT2D eigenvalue weighted by atomic mass is 32.2. The van der Waals surface area contributed by atoms with Crippen molar-refractivity contribution >= 4 is 9.84 Å². The van der Waals surface area contributed by atoms with Gasteiger partial charge in [0, 0.05) is 25.9 Å². The topological polar surface area (TPSA) is 75.4 Å². The Hall–Kier alpha value is -1.77. The molecule has 1 aliphatic heterocycles. The van der Waals surface area contributed by atoms with Crippen LogP contribution in [0.4, 0.5) is 4.39 Å². The van der Waals surface area contributed by atoms with Crippen molar-refractivity contribution in [3.63, 3.8) is 0 Å². The summed E-state index contributed by atoms with van der Waals surface area (Å²) in [6, 6.07) is 6.88. The second-order valence-corrected chi connectivity index (χ2v) is 8.87. The number of halogens is 1. The van der Waals surface area contributed by atoms with Crippen molar-refractivity contribution in [1.29, 1.82) is 0 Å². The van der Waals surface area contributed by atoms with E-state index in [2.05, 4.69) is 10.00 Å². The number of rotatable bonds is 5. The molecule has 3 rings (SSSR count). The highest BCUT2D eigenvalue weighted by Gasteiger charge is 2.23. The summed E-state index contributed by atoms with van der Waals surface area (Å²) in [6.07, 6.45) is -0.0140. The number of nitrogens with zero attached hydrogens (tertiary/aromatic N) is 3. The number of aliphatic hydroxyl groups is 1. The Labute approximate surface area is 146 Å². The number of fused-ring (bicyclic) bond motifs is 1. The predicted octanol–water partition coefficient (Wildman–Crippen LogP) is 1.42. The number of aliphatic hydroxyl groups excluding tert-OH is 1. The van der Waals surface area contributed by atoms with Gasteiger partial charge in [0.05, 0.1) is 23.7 Å². The van der Waals surface area contributed by atoms with Gasteiger partial charge in [-0.3, -0.25) is 9.58 Å². The zero-order valence-electron chi connectivity index (χ0n) is 14.3. The molecule has 2 heterocycles. The SMILES string of the molecule is Cc1cc(CN2CCn3nc(C(O)CS(C)(=O)=O)cc3C2)ccc1F. The van der Waals surface area contributed by atoms with Crippen LogP contribution in [0, 0.1) is 12.7 Å². The molecule has 0 aliphatic carbocycles. The van der Waals surface area contributed by atoms with Crippen LogP contribution in [-0.2, 0) is 29.5 Å². The number of hydrogen-bond donors (Lipinski definition) is 1. The van der Waals surface area contributed by atoms with Crippen LogP contribution in [0.15, 0.2) is 24.3 Å². The quantitative estimate of drug-likeness (QED) is 0.865. The molecule has 136 valence electrons. The average Bonchev–Trinajstić information content (AvgIpc) is 2.93. The first-order chi connectivity index (χ1) is 11.7. The van der Waals surface area contributed by atoms with Gasteiger partial charge in [0.25, 0.3) is 0 Å². The summed E-state index contributed by atoms with van der Waals surface area (Å²) in [5.41, 5.74) is 3.00. The van der Waals surface area contributed by atoms with Crippen LogP contribution in [0.25, 0.3) is 0 Å². The first-order valence-electron chi connectivity index (χ1n) is 8.11. The van der Waals surface area contributed by atoms with Gasteiger partial charge >= 0.3 is 0 Å². The summed E-state index contributed by atoms with van der Waals surface area (Å²) in [5, 5.41) is 14.4. The molecular weight excluding hydrogens is 345 g/mol. The lowest BCUT2D eigenvalue weighted by Gasteiger charge is -2.27. The van der Waals surface area contributed by atoms with Gasteiger partial charge in [-0.2, -0.15) is 5.10 Å². The molecule has 8 heteroatoms. The summed E-state index contributed by atoms with van der Waals surface area (Å²) < 4.78 is 37.9. The molecule has 0 bridgehead atoms. The number of sulfone groups is 1. The summed E-state index contributed by atoms with van der Waals surface area (Å²) in [7, 11) is -3.27. The second kappa shape index (κ2) is 6.86. The smallest absolute Gasteiger partial charge is 0.150 e. The summed E-state index contributed by atoms with van der Waals surface area (Å²) in [4.78, 5) is 2.22. The Balaban J connectivity index is 1.70. The van der Waals surface area contributed by atoms with Gasteiger partial charge in [-0.25, -0.2) is 12.8 Å². The van der Waals surface area contributed by atoms with E-state index >= 15 is 0 Å². The maximum Gasteiger partial charge on any atom is 0.150 e. The third-order valence-corrected chi connectivity index (χ3v) is 5.25. The molecule has 1 aromatic heterocycles. The molecule has 0 amide bonds. The Morgan fingerprint density at radius 1 is 1.32 bits per heavy atom. The van der Waals surface area contributed by atoms with Crippen molar-refractivity contribution in [3.8, 4) is 0 Å². The van der Waals surface area contributed by atoms with E-state index in [9.17, 15) is 17.9 Å². The van der Waals surface area contributed by atoms with Crippen LogP contribution in [0.1, 0.15) is 28.6 Å². The molecule has 0 fully saturated rings. The fourth-order valence-corrected chi connectivity index (χ4v) is 3.82. The van der Waals surface area contributed by atoms with E-state index < -0.39 is 15.9 Å². The summed E-state index contributed by atoms with van der Waals surface area (Å²) in [6.45, 7) is 4.55. The van der Waals surface area contributed by atoms with Crippen LogP contribution < -0.4 is 0 Å². The van der Waals surface area contributed by atoms with Crippen LogP contribution in [0.5, 0.6) is 0 Å². The largest absolute Gasteiger partial charge is 0.386 e. The van der Waals surface area contributed by atoms with Gasteiger partial charge in [-0.15, -0.1) is 0 Å². The minimum absolute atomic E-state index is 0.204. The standard InChI is InChI=1S/C17H22FN3O3S/c1-12-7-13(3-4-15(12)18)9-20-5-6-21-14(10-20)8-16(19-21)17(22)11-25(2,23)24/h3-4,7-8,17,22H,5-6,9-11H2,1-2H3. The van der Waals surface area contributed by atoms with Crippen molar-refractivity contribution in [2.45, 2.75) is 32.7 Å². The van der Waals surface area contributed by atoms with Crippen LogP contribution in [0.2, 0.25) is 0 Å². The van der Waals surface area contributed by atoms with E-state index in [0.29, 0.717) is 30.9 Å². The maximum atomic E-state index is 13.4. The first kappa shape index (κ1) is 18.0. The van der Waals surface area contributed by atoms with Crippen molar-refractivity contribution in [1.82, 2.24) is 14.7 Å². The highest BCUT2D eigenvalue weighted by Crippen LogP contribution is 2.21. The Kier molecular flexibility index (Phi) is 4.95. The maximum absolute atomic E-state index is 13.4. The van der Waals surface area contributed by atoms with Crippen LogP contribution >= 0.6 is 0 Å². The van der Waals surface area contributed by atoms with Gasteiger partial charge in [-0.05, 0) is 30.2 Å². The van der Waals surface area contributed by atoms with Gasteiger partial charge < -0.3 is 5.11 Å². The van der Waals surface area contributed by atoms with E-state index in [1.165, 1.54) is 6.07 Å². The third kappa shape index (κ3) is 4.45. The normalized spacial score (nSPS) is 16.6. The molecule has 0 saturated carbocycles. The first-order valence-corrected chi connectivity index (χ1v) is 10.2. The molecule has 2 aromatic rings. The van der Waals surface area contributed by atoms with E-state index in [0.717, 1.165) is 24.1 Å². The Morgan fingerprint density at radius 3 is 2.76 bits per heavy atom. The van der Waals surface area contributed by atoms with E-state index in [-0.39, 0.29) is 11.6 Å². The van der Waals surface area contributed by atoms with Gasteiger partial charge in [0.15, 0.2) is 0 Å². The molecule has 1 aromatic carbocycles. The van der Waals surface area contributed by atoms with Crippen LogP contribution in [0.3, 0.4) is 0 Å². The number of aryl methyl sites for hydroxylation is 1. The Morgan fingerprint density at radius 2 is 2.08 bits per heavy atom.